The second-order valence-electron chi connectivity index (χ2n) is 5.45. The summed E-state index contributed by atoms with van der Waals surface area (Å²) in [5, 5.41) is 14.6. The van der Waals surface area contributed by atoms with Gasteiger partial charge >= 0.3 is 5.97 Å². The Hall–Kier alpha value is -1.14. The highest BCUT2D eigenvalue weighted by Gasteiger charge is 2.45. The fourth-order valence-electron chi connectivity index (χ4n) is 2.52. The first-order chi connectivity index (χ1) is 10.5. The van der Waals surface area contributed by atoms with E-state index in [1.807, 2.05) is 6.92 Å². The highest BCUT2D eigenvalue weighted by molar-refractivity contribution is 7.99. The van der Waals surface area contributed by atoms with E-state index in [1.165, 1.54) is 0 Å². The summed E-state index contributed by atoms with van der Waals surface area (Å²) in [6, 6.07) is 0. The number of aliphatic hydroxyl groups is 1. The summed E-state index contributed by atoms with van der Waals surface area (Å²) < 4.78 is 5.61. The molecular weight excluding hydrogens is 326 g/mol. The van der Waals surface area contributed by atoms with Gasteiger partial charge in [-0.3, -0.25) is 0 Å². The molecule has 2 aliphatic heterocycles. The van der Waals surface area contributed by atoms with Crippen molar-refractivity contribution in [3.8, 4) is 0 Å². The number of carbonyl (C=O) groups is 1. The van der Waals surface area contributed by atoms with E-state index in [2.05, 4.69) is 11.7 Å². The standard InChI is InChI=1S/C15H20ClNO4S/c1-3-4-11(17-20-8-10(2)16)13-12(18)7-15(21-14(13)19)5-6-22-9-15/h18H,2-9H2,1H3. The third-order valence-corrected chi connectivity index (χ3v) is 4.86. The number of thioether (sulfide) groups is 1. The SMILES string of the molecule is C=C(Cl)CON=C(CCC)C1=C(O)CC2(CCSC2)OC1=O. The molecule has 1 fully saturated rings. The molecule has 1 spiro atoms. The third kappa shape index (κ3) is 3.98. The van der Waals surface area contributed by atoms with Crippen molar-refractivity contribution in [3.05, 3.63) is 22.9 Å². The minimum absolute atomic E-state index is 0.0410. The molecule has 2 aliphatic rings. The molecule has 1 atom stereocenters. The number of halogens is 1. The molecule has 0 aliphatic carbocycles. The van der Waals surface area contributed by atoms with Crippen LogP contribution in [-0.4, -0.2) is 40.5 Å². The number of nitrogens with zero attached hydrogens (tertiary/aromatic N) is 1. The van der Waals surface area contributed by atoms with E-state index >= 15 is 0 Å². The Balaban J connectivity index is 2.22. The normalized spacial score (nSPS) is 25.5. The van der Waals surface area contributed by atoms with Gasteiger partial charge in [0.2, 0.25) is 0 Å². The number of hydrogen-bond donors (Lipinski definition) is 1. The molecule has 0 amide bonds. The molecule has 1 N–H and O–H groups in total. The van der Waals surface area contributed by atoms with Crippen molar-refractivity contribution >= 4 is 35.0 Å². The molecule has 7 heteroatoms. The topological polar surface area (TPSA) is 68.1 Å². The van der Waals surface area contributed by atoms with Crippen LogP contribution >= 0.6 is 23.4 Å². The van der Waals surface area contributed by atoms with Crippen molar-refractivity contribution in [2.75, 3.05) is 18.1 Å². The zero-order valence-electron chi connectivity index (χ0n) is 12.6. The number of carbonyl (C=O) groups excluding carboxylic acids is 1. The van der Waals surface area contributed by atoms with E-state index < -0.39 is 11.6 Å². The lowest BCUT2D eigenvalue weighted by atomic mass is 9.90. The van der Waals surface area contributed by atoms with E-state index in [9.17, 15) is 9.90 Å². The van der Waals surface area contributed by atoms with Gasteiger partial charge in [0.1, 0.15) is 16.9 Å². The average molecular weight is 346 g/mol. The lowest BCUT2D eigenvalue weighted by Crippen LogP contribution is -2.41. The Morgan fingerprint density at radius 2 is 2.41 bits per heavy atom. The Morgan fingerprint density at radius 3 is 2.95 bits per heavy atom. The molecule has 0 aromatic heterocycles. The lowest BCUT2D eigenvalue weighted by Gasteiger charge is -2.33. The molecule has 1 saturated heterocycles. The van der Waals surface area contributed by atoms with Gasteiger partial charge in [-0.15, -0.1) is 0 Å². The van der Waals surface area contributed by atoms with E-state index in [1.54, 1.807) is 11.8 Å². The van der Waals surface area contributed by atoms with E-state index in [-0.39, 0.29) is 17.9 Å². The molecule has 0 radical (unpaired) electrons. The first-order valence-corrected chi connectivity index (χ1v) is 8.76. The van der Waals surface area contributed by atoms with Crippen LogP contribution in [0, 0.1) is 0 Å². The summed E-state index contributed by atoms with van der Waals surface area (Å²) in [6.45, 7) is 5.51. The van der Waals surface area contributed by atoms with Crippen molar-refractivity contribution in [3.63, 3.8) is 0 Å². The summed E-state index contributed by atoms with van der Waals surface area (Å²) in [7, 11) is 0. The molecule has 0 saturated carbocycles. The molecule has 2 heterocycles. The predicted molar refractivity (Wildman–Crippen MR) is 88.3 cm³/mol. The molecule has 2 rings (SSSR count). The summed E-state index contributed by atoms with van der Waals surface area (Å²) in [5.74, 6) is 1.18. The molecule has 22 heavy (non-hydrogen) atoms. The number of esters is 1. The van der Waals surface area contributed by atoms with Crippen LogP contribution in [0.5, 0.6) is 0 Å². The second-order valence-corrected chi connectivity index (χ2v) is 7.09. The molecule has 0 aromatic carbocycles. The third-order valence-electron chi connectivity index (χ3n) is 3.53. The molecule has 122 valence electrons. The van der Waals surface area contributed by atoms with Crippen LogP contribution in [-0.2, 0) is 14.4 Å². The summed E-state index contributed by atoms with van der Waals surface area (Å²) >= 11 is 7.35. The summed E-state index contributed by atoms with van der Waals surface area (Å²) in [4.78, 5) is 17.4. The zero-order valence-corrected chi connectivity index (χ0v) is 14.1. The van der Waals surface area contributed by atoms with Gasteiger partial charge in [0.05, 0.1) is 10.7 Å². The fourth-order valence-corrected chi connectivity index (χ4v) is 3.91. The van der Waals surface area contributed by atoms with Crippen LogP contribution in [0.2, 0.25) is 0 Å². The van der Waals surface area contributed by atoms with Crippen molar-refractivity contribution in [2.24, 2.45) is 5.16 Å². The number of rotatable bonds is 6. The van der Waals surface area contributed by atoms with Gasteiger partial charge in [-0.05, 0) is 18.6 Å². The van der Waals surface area contributed by atoms with Crippen molar-refractivity contribution in [2.45, 2.75) is 38.2 Å². The maximum absolute atomic E-state index is 12.3. The highest BCUT2D eigenvalue weighted by Crippen LogP contribution is 2.40. The van der Waals surface area contributed by atoms with E-state index in [0.29, 0.717) is 23.6 Å². The fraction of sp³-hybridized carbons (Fsp3) is 0.600. The molecular formula is C15H20ClNO4S. The van der Waals surface area contributed by atoms with Crippen LogP contribution in [0.15, 0.2) is 28.1 Å². The van der Waals surface area contributed by atoms with Crippen molar-refractivity contribution < 1.29 is 19.5 Å². The minimum Gasteiger partial charge on any atom is -0.511 e. The Bertz CT molecular complexity index is 524. The Kier molecular flexibility index (Phi) is 5.81. The van der Waals surface area contributed by atoms with Crippen molar-refractivity contribution in [1.82, 2.24) is 0 Å². The highest BCUT2D eigenvalue weighted by atomic mass is 35.5. The van der Waals surface area contributed by atoms with Crippen LogP contribution in [0.1, 0.15) is 32.6 Å². The molecule has 1 unspecified atom stereocenters. The van der Waals surface area contributed by atoms with Crippen LogP contribution < -0.4 is 0 Å². The van der Waals surface area contributed by atoms with Crippen LogP contribution in [0.3, 0.4) is 0 Å². The molecule has 5 nitrogen and oxygen atoms in total. The largest absolute Gasteiger partial charge is 0.511 e. The van der Waals surface area contributed by atoms with Gasteiger partial charge in [0.25, 0.3) is 0 Å². The van der Waals surface area contributed by atoms with Gasteiger partial charge in [0.15, 0.2) is 6.61 Å². The zero-order chi connectivity index (χ0) is 16.2. The van der Waals surface area contributed by atoms with Gasteiger partial charge < -0.3 is 14.7 Å². The van der Waals surface area contributed by atoms with E-state index in [0.717, 1.165) is 24.3 Å². The smallest absolute Gasteiger partial charge is 0.344 e. The number of ether oxygens (including phenoxy) is 1. The van der Waals surface area contributed by atoms with Crippen LogP contribution in [0.25, 0.3) is 0 Å². The van der Waals surface area contributed by atoms with Crippen molar-refractivity contribution in [1.29, 1.82) is 0 Å². The lowest BCUT2D eigenvalue weighted by molar-refractivity contribution is -0.155. The first-order valence-electron chi connectivity index (χ1n) is 7.23. The van der Waals surface area contributed by atoms with Gasteiger partial charge in [-0.1, -0.05) is 36.7 Å². The van der Waals surface area contributed by atoms with Gasteiger partial charge in [-0.25, -0.2) is 4.79 Å². The number of oxime groups is 1. The molecule has 0 bridgehead atoms. The summed E-state index contributed by atoms with van der Waals surface area (Å²) in [6.07, 6.45) is 2.37. The average Bonchev–Trinajstić information content (AvgIpc) is 2.85. The Morgan fingerprint density at radius 1 is 1.64 bits per heavy atom. The minimum atomic E-state index is -0.558. The molecule has 0 aromatic rings. The maximum Gasteiger partial charge on any atom is 0.344 e. The Labute approximate surface area is 139 Å². The van der Waals surface area contributed by atoms with E-state index in [4.69, 9.17) is 21.2 Å². The van der Waals surface area contributed by atoms with Gasteiger partial charge in [0, 0.05) is 12.2 Å². The monoisotopic (exact) mass is 345 g/mol. The maximum atomic E-state index is 12.3. The van der Waals surface area contributed by atoms with Gasteiger partial charge in [-0.2, -0.15) is 11.8 Å². The first kappa shape index (κ1) is 17.2. The number of hydrogen-bond acceptors (Lipinski definition) is 6. The predicted octanol–water partition coefficient (Wildman–Crippen LogP) is 3.55. The second kappa shape index (κ2) is 7.42. The quantitative estimate of drug-likeness (QED) is 0.453. The number of aliphatic hydroxyl groups excluding tert-OH is 1. The summed E-state index contributed by atoms with van der Waals surface area (Å²) in [5.41, 5.74) is -0.0363. The van der Waals surface area contributed by atoms with Crippen LogP contribution in [0.4, 0.5) is 0 Å².